The second-order valence-electron chi connectivity index (χ2n) is 14.6. The van der Waals surface area contributed by atoms with E-state index in [0.29, 0.717) is 48.0 Å². The van der Waals surface area contributed by atoms with Gasteiger partial charge in [-0.3, -0.25) is 9.11 Å². The van der Waals surface area contributed by atoms with Crippen LogP contribution in [0.2, 0.25) is 0 Å². The number of anilines is 1. The summed E-state index contributed by atoms with van der Waals surface area (Å²) in [7, 11) is -8.49. The van der Waals surface area contributed by atoms with Crippen molar-refractivity contribution in [1.29, 1.82) is 0 Å². The lowest BCUT2D eigenvalue weighted by molar-refractivity contribution is -0.673. The lowest BCUT2D eigenvalue weighted by Gasteiger charge is -2.31. The number of rotatable bonds is 19. The number of carbonyl (C=O) groups excluding carboxylic acids is 1. The molecule has 3 heterocycles. The van der Waals surface area contributed by atoms with Crippen molar-refractivity contribution in [3.8, 4) is 11.8 Å². The van der Waals surface area contributed by atoms with Crippen LogP contribution >= 0.6 is 0 Å². The molecule has 19 heteroatoms. The highest BCUT2D eigenvalue weighted by Crippen LogP contribution is 2.55. The van der Waals surface area contributed by atoms with Crippen LogP contribution in [0, 0.1) is 5.82 Å². The van der Waals surface area contributed by atoms with Crippen molar-refractivity contribution in [3.05, 3.63) is 101 Å². The number of nitrogens with zero attached hydrogens (tertiary/aromatic N) is 3. The average Bonchev–Trinajstić information content (AvgIpc) is 3.57. The Labute approximate surface area is 339 Å². The van der Waals surface area contributed by atoms with Crippen molar-refractivity contribution in [2.75, 3.05) is 23.0 Å². The number of aromatic hydroxyl groups is 2. The van der Waals surface area contributed by atoms with Crippen LogP contribution < -0.4 is 14.3 Å². The molecule has 4 N–H and O–H groups in total. The molecule has 0 bridgehead atoms. The Morgan fingerprint density at radius 1 is 0.864 bits per heavy atom. The molecule has 0 saturated carbocycles. The largest absolute Gasteiger partial charge is 0.492 e. The minimum absolute atomic E-state index is 0.0206. The highest BCUT2D eigenvalue weighted by atomic mass is 32.2. The van der Waals surface area contributed by atoms with Crippen molar-refractivity contribution in [2.24, 2.45) is 0 Å². The number of hydrogen-bond acceptors (Lipinski definition) is 9. The highest BCUT2D eigenvalue weighted by molar-refractivity contribution is 7.86. The van der Waals surface area contributed by atoms with Crippen LogP contribution in [0.3, 0.4) is 0 Å². The van der Waals surface area contributed by atoms with Gasteiger partial charge in [0, 0.05) is 71.9 Å². The molecule has 4 aromatic rings. The standard InChI is InChI=1S/C40H45F4N3O10S2/c1-39(21-6-2-3-16-37(50)57-47-35(48)19-20-36(47)49)34(46(23-8-10-25-59(54,55)56)33-27-29(41)26-31(38(33)39)40(42,43)44)15-11-13-30-18-17-28-12-4-5-14-32(28)45(30)22-7-9-24-58(51,52)53/h4-5,11-15,17-20,26-27H,2-3,6-10,16,21-25H2,1H3,(H3-,48,49,51,52,53,54,55,56)/p+1. The molecule has 0 amide bonds. The predicted molar refractivity (Wildman–Crippen MR) is 211 cm³/mol. The van der Waals surface area contributed by atoms with Gasteiger partial charge in [0.2, 0.25) is 23.0 Å². The smallest absolute Gasteiger partial charge is 0.416 e. The third kappa shape index (κ3) is 11.6. The van der Waals surface area contributed by atoms with E-state index in [1.54, 1.807) is 30.1 Å². The SMILES string of the molecule is CC1(CCCCCC(=O)On2c(O)ccc2O)C(=CC=Cc2ccc3ccccc3[n+]2CCCCS(=O)(=O)O)N(CCCCS(=O)(=O)O)c2cc(F)cc(C(F)(F)F)c21. The van der Waals surface area contributed by atoms with E-state index in [1.807, 2.05) is 41.0 Å². The molecule has 1 aliphatic rings. The van der Waals surface area contributed by atoms with Crippen molar-refractivity contribution in [2.45, 2.75) is 82.8 Å². The van der Waals surface area contributed by atoms with Gasteiger partial charge in [0.1, 0.15) is 12.4 Å². The van der Waals surface area contributed by atoms with Crippen molar-refractivity contribution in [3.63, 3.8) is 0 Å². The number of alkyl halides is 3. The van der Waals surface area contributed by atoms with Gasteiger partial charge >= 0.3 is 12.1 Å². The van der Waals surface area contributed by atoms with Crippen LogP contribution in [-0.2, 0) is 43.2 Å². The second-order valence-corrected chi connectivity index (χ2v) is 17.7. The molecule has 0 saturated heterocycles. The Bertz CT molecular complexity index is 2430. The first-order valence-electron chi connectivity index (χ1n) is 18.9. The van der Waals surface area contributed by atoms with Crippen LogP contribution in [0.15, 0.2) is 78.5 Å². The van der Waals surface area contributed by atoms with Gasteiger partial charge in [-0.2, -0.15) is 34.6 Å². The molecule has 0 aliphatic carbocycles. The Hall–Kier alpha value is -4.98. The van der Waals surface area contributed by atoms with Crippen LogP contribution in [0.5, 0.6) is 11.8 Å². The van der Waals surface area contributed by atoms with Gasteiger partial charge in [-0.05, 0) is 74.9 Å². The number of halogens is 4. The fraction of sp³-hybridized carbons (Fsp3) is 0.400. The molecule has 0 radical (unpaired) electrons. The molecule has 2 aromatic carbocycles. The molecule has 0 spiro atoms. The molecular weight excluding hydrogens is 823 g/mol. The number of unbranched alkanes of at least 4 members (excludes halogenated alkanes) is 4. The minimum atomic E-state index is -4.96. The van der Waals surface area contributed by atoms with Crippen molar-refractivity contribution >= 4 is 48.9 Å². The number of carbonyl (C=O) groups is 1. The summed E-state index contributed by atoms with van der Waals surface area (Å²) in [4.78, 5) is 19.0. The summed E-state index contributed by atoms with van der Waals surface area (Å²) in [6.07, 6.45) is 1.56. The number of para-hydroxylation sites is 1. The number of benzene rings is 2. The van der Waals surface area contributed by atoms with Gasteiger partial charge in [0.15, 0.2) is 0 Å². The Morgan fingerprint density at radius 3 is 2.19 bits per heavy atom. The fourth-order valence-electron chi connectivity index (χ4n) is 7.52. The van der Waals surface area contributed by atoms with Crippen LogP contribution in [0.25, 0.3) is 17.0 Å². The quantitative estimate of drug-likeness (QED) is 0.0326. The molecule has 320 valence electrons. The molecule has 5 rings (SSSR count). The maximum Gasteiger partial charge on any atom is 0.416 e. The van der Waals surface area contributed by atoms with E-state index in [2.05, 4.69) is 0 Å². The number of allylic oxidation sites excluding steroid dienone is 3. The summed E-state index contributed by atoms with van der Waals surface area (Å²) in [5.74, 6) is -3.89. The maximum absolute atomic E-state index is 15.1. The molecule has 59 heavy (non-hydrogen) atoms. The summed E-state index contributed by atoms with van der Waals surface area (Å²) in [5.41, 5.74) is -0.912. The number of pyridine rings is 1. The monoisotopic (exact) mass is 868 g/mol. The Balaban J connectivity index is 1.50. The normalized spacial score (nSPS) is 16.7. The van der Waals surface area contributed by atoms with Gasteiger partial charge in [-0.1, -0.05) is 31.1 Å². The molecule has 2 aromatic heterocycles. The maximum atomic E-state index is 15.1. The third-order valence-corrected chi connectivity index (χ3v) is 11.8. The molecule has 0 fully saturated rings. The Morgan fingerprint density at radius 2 is 1.53 bits per heavy atom. The first kappa shape index (κ1) is 45.1. The van der Waals surface area contributed by atoms with Gasteiger partial charge in [0.25, 0.3) is 20.2 Å². The molecule has 1 unspecified atom stereocenters. The van der Waals surface area contributed by atoms with Gasteiger partial charge in [-0.15, -0.1) is 4.73 Å². The summed E-state index contributed by atoms with van der Waals surface area (Å²) < 4.78 is 126. The highest BCUT2D eigenvalue weighted by Gasteiger charge is 2.49. The summed E-state index contributed by atoms with van der Waals surface area (Å²) in [6, 6.07) is 14.9. The van der Waals surface area contributed by atoms with E-state index in [9.17, 15) is 54.1 Å². The first-order chi connectivity index (χ1) is 27.7. The van der Waals surface area contributed by atoms with Crippen LogP contribution in [0.4, 0.5) is 23.2 Å². The third-order valence-electron chi connectivity index (χ3n) is 10.2. The summed E-state index contributed by atoms with van der Waals surface area (Å²) >= 11 is 0. The number of aryl methyl sites for hydroxylation is 1. The Kier molecular flexibility index (Phi) is 14.2. The first-order valence-corrected chi connectivity index (χ1v) is 22.1. The van der Waals surface area contributed by atoms with Gasteiger partial charge in [-0.25, -0.2) is 9.18 Å². The van der Waals surface area contributed by atoms with Gasteiger partial charge < -0.3 is 20.0 Å². The molecule has 1 atom stereocenters. The van der Waals surface area contributed by atoms with E-state index in [4.69, 9.17) is 4.84 Å². The summed E-state index contributed by atoms with van der Waals surface area (Å²) in [5, 5.41) is 20.4. The summed E-state index contributed by atoms with van der Waals surface area (Å²) in [6.45, 7) is 1.97. The molecule has 13 nitrogen and oxygen atoms in total. The zero-order valence-electron chi connectivity index (χ0n) is 32.1. The van der Waals surface area contributed by atoms with Crippen molar-refractivity contribution < 1.29 is 67.9 Å². The van der Waals surface area contributed by atoms with Crippen LogP contribution in [0.1, 0.15) is 81.5 Å². The molecule has 1 aliphatic heterocycles. The number of aromatic nitrogens is 2. The van der Waals surface area contributed by atoms with E-state index in [-0.39, 0.29) is 56.3 Å². The average molecular weight is 869 g/mol. The van der Waals surface area contributed by atoms with Gasteiger partial charge in [0.05, 0.1) is 17.1 Å². The fourth-order valence-corrected chi connectivity index (χ4v) is 8.66. The number of fused-ring (bicyclic) bond motifs is 2. The second kappa shape index (κ2) is 18.5. The zero-order chi connectivity index (χ0) is 43.2. The van der Waals surface area contributed by atoms with Crippen molar-refractivity contribution in [1.82, 2.24) is 4.73 Å². The topological polar surface area (TPSA) is 188 Å². The zero-order valence-corrected chi connectivity index (χ0v) is 33.7. The predicted octanol–water partition coefficient (Wildman–Crippen LogP) is 7.11. The lowest BCUT2D eigenvalue weighted by Crippen LogP contribution is -2.38. The van der Waals surface area contributed by atoms with Crippen LogP contribution in [-0.4, -0.2) is 64.9 Å². The van der Waals surface area contributed by atoms with E-state index in [0.717, 1.165) is 29.1 Å². The van der Waals surface area contributed by atoms with E-state index in [1.165, 1.54) is 0 Å². The van der Waals surface area contributed by atoms with E-state index < -0.39 is 72.4 Å². The number of hydrogen-bond donors (Lipinski definition) is 4. The minimum Gasteiger partial charge on any atom is -0.492 e. The molecular formula is C40H46F4N3O10S2+. The lowest BCUT2D eigenvalue weighted by atomic mass is 9.75. The van der Waals surface area contributed by atoms with E-state index >= 15 is 4.39 Å².